The zero-order valence-electron chi connectivity index (χ0n) is 14.8. The number of carbonyl (C=O) groups excluding carboxylic acids is 2. The van der Waals surface area contributed by atoms with Crippen LogP contribution in [0, 0.1) is 13.8 Å². The monoisotopic (exact) mass is 355 g/mol. The highest BCUT2D eigenvalue weighted by Crippen LogP contribution is 2.32. The van der Waals surface area contributed by atoms with Crippen LogP contribution < -0.4 is 14.8 Å². The molecule has 2 aromatic rings. The Bertz CT molecular complexity index is 831. The Labute approximate surface area is 152 Å². The molecule has 0 aromatic heterocycles. The molecule has 6 heteroatoms. The molecule has 0 saturated carbocycles. The van der Waals surface area contributed by atoms with Crippen molar-refractivity contribution < 1.29 is 23.8 Å². The lowest BCUT2D eigenvalue weighted by Crippen LogP contribution is -2.21. The van der Waals surface area contributed by atoms with Gasteiger partial charge >= 0.3 is 5.97 Å². The van der Waals surface area contributed by atoms with Crippen molar-refractivity contribution in [1.82, 2.24) is 0 Å². The van der Waals surface area contributed by atoms with E-state index < -0.39 is 11.9 Å². The third-order valence-corrected chi connectivity index (χ3v) is 3.97. The molecular formula is C20H21NO5. The topological polar surface area (TPSA) is 73.9 Å². The average Bonchev–Trinajstić information content (AvgIpc) is 2.84. The van der Waals surface area contributed by atoms with E-state index in [9.17, 15) is 9.59 Å². The van der Waals surface area contributed by atoms with E-state index in [2.05, 4.69) is 5.32 Å². The van der Waals surface area contributed by atoms with Crippen LogP contribution in [0.5, 0.6) is 11.5 Å². The summed E-state index contributed by atoms with van der Waals surface area (Å²) < 4.78 is 16.2. The molecule has 1 heterocycles. The van der Waals surface area contributed by atoms with Crippen molar-refractivity contribution >= 4 is 17.6 Å². The third-order valence-electron chi connectivity index (χ3n) is 3.97. The van der Waals surface area contributed by atoms with Crippen molar-refractivity contribution in [2.24, 2.45) is 0 Å². The predicted octanol–water partition coefficient (Wildman–Crippen LogP) is 3.26. The number of carbonyl (C=O) groups is 2. The molecule has 0 spiro atoms. The van der Waals surface area contributed by atoms with Crippen LogP contribution in [-0.2, 0) is 9.53 Å². The molecule has 136 valence electrons. The normalized spacial score (nSPS) is 12.8. The van der Waals surface area contributed by atoms with Gasteiger partial charge in [0.25, 0.3) is 5.91 Å². The van der Waals surface area contributed by atoms with Crippen LogP contribution in [0.25, 0.3) is 0 Å². The molecule has 0 saturated heterocycles. The second kappa shape index (κ2) is 7.91. The molecule has 1 N–H and O–H groups in total. The van der Waals surface area contributed by atoms with Crippen LogP contribution in [0.3, 0.4) is 0 Å². The molecule has 0 unspecified atom stereocenters. The van der Waals surface area contributed by atoms with Gasteiger partial charge in [0.1, 0.15) is 0 Å². The number of benzene rings is 2. The third kappa shape index (κ3) is 4.33. The summed E-state index contributed by atoms with van der Waals surface area (Å²) in [7, 11) is 0. The number of aryl methyl sites for hydroxylation is 2. The highest BCUT2D eigenvalue weighted by Gasteiger charge is 2.14. The summed E-state index contributed by atoms with van der Waals surface area (Å²) >= 11 is 0. The van der Waals surface area contributed by atoms with E-state index in [0.29, 0.717) is 36.0 Å². The van der Waals surface area contributed by atoms with Gasteiger partial charge in [-0.2, -0.15) is 0 Å². The lowest BCUT2D eigenvalue weighted by molar-refractivity contribution is -0.119. The maximum atomic E-state index is 12.1. The fourth-order valence-electron chi connectivity index (χ4n) is 2.69. The number of hydrogen-bond acceptors (Lipinski definition) is 5. The van der Waals surface area contributed by atoms with Crippen molar-refractivity contribution in [3.8, 4) is 11.5 Å². The number of esters is 1. The molecule has 1 aliphatic rings. The molecule has 1 aliphatic heterocycles. The molecule has 3 rings (SSSR count). The summed E-state index contributed by atoms with van der Waals surface area (Å²) in [6.45, 7) is 4.60. The van der Waals surface area contributed by atoms with Crippen LogP contribution >= 0.6 is 0 Å². The minimum absolute atomic E-state index is 0.361. The summed E-state index contributed by atoms with van der Waals surface area (Å²) in [6.07, 6.45) is 0.810. The largest absolute Gasteiger partial charge is 0.490 e. The maximum absolute atomic E-state index is 12.1. The lowest BCUT2D eigenvalue weighted by Gasteiger charge is -2.11. The van der Waals surface area contributed by atoms with Crippen molar-refractivity contribution in [3.63, 3.8) is 0 Å². The molecule has 0 radical (unpaired) electrons. The van der Waals surface area contributed by atoms with Gasteiger partial charge in [0, 0.05) is 18.2 Å². The highest BCUT2D eigenvalue weighted by atomic mass is 16.5. The van der Waals surface area contributed by atoms with Crippen LogP contribution in [-0.4, -0.2) is 31.7 Å². The quantitative estimate of drug-likeness (QED) is 0.852. The van der Waals surface area contributed by atoms with Gasteiger partial charge in [-0.1, -0.05) is 17.7 Å². The first-order valence-electron chi connectivity index (χ1n) is 8.47. The molecule has 0 bridgehead atoms. The second-order valence-electron chi connectivity index (χ2n) is 6.15. The molecule has 0 aliphatic carbocycles. The Morgan fingerprint density at radius 2 is 1.81 bits per heavy atom. The summed E-state index contributed by atoms with van der Waals surface area (Å²) in [6, 6.07) is 10.6. The first-order chi connectivity index (χ1) is 12.5. The number of amides is 1. The smallest absolute Gasteiger partial charge is 0.338 e. The van der Waals surface area contributed by atoms with Crippen LogP contribution in [0.15, 0.2) is 36.4 Å². The Hall–Kier alpha value is -3.02. The number of hydrogen-bond donors (Lipinski definition) is 1. The summed E-state index contributed by atoms with van der Waals surface area (Å²) in [5, 5.41) is 2.69. The zero-order valence-corrected chi connectivity index (χ0v) is 14.8. The molecule has 0 fully saturated rings. The van der Waals surface area contributed by atoms with E-state index >= 15 is 0 Å². The predicted molar refractivity (Wildman–Crippen MR) is 96.9 cm³/mol. The minimum Gasteiger partial charge on any atom is -0.490 e. The first-order valence-corrected chi connectivity index (χ1v) is 8.47. The Morgan fingerprint density at radius 1 is 1.04 bits per heavy atom. The van der Waals surface area contributed by atoms with Crippen LogP contribution in [0.4, 0.5) is 5.69 Å². The molecule has 6 nitrogen and oxygen atoms in total. The van der Waals surface area contributed by atoms with Crippen molar-refractivity contribution in [3.05, 3.63) is 53.1 Å². The van der Waals surface area contributed by atoms with E-state index in [0.717, 1.165) is 17.5 Å². The maximum Gasteiger partial charge on any atom is 0.338 e. The highest BCUT2D eigenvalue weighted by molar-refractivity contribution is 5.96. The number of ether oxygens (including phenoxy) is 3. The van der Waals surface area contributed by atoms with E-state index in [-0.39, 0.29) is 6.61 Å². The van der Waals surface area contributed by atoms with Gasteiger partial charge in [-0.05, 0) is 37.6 Å². The number of anilines is 1. The van der Waals surface area contributed by atoms with Crippen molar-refractivity contribution in [2.45, 2.75) is 20.3 Å². The van der Waals surface area contributed by atoms with Crippen molar-refractivity contribution in [2.75, 3.05) is 25.1 Å². The minimum atomic E-state index is -0.517. The second-order valence-corrected chi connectivity index (χ2v) is 6.15. The SMILES string of the molecule is Cc1ccc(C(=O)OCC(=O)Nc2ccc3c(c2)OCCCO3)c(C)c1. The Morgan fingerprint density at radius 3 is 2.58 bits per heavy atom. The number of rotatable bonds is 4. The van der Waals surface area contributed by atoms with Gasteiger partial charge in [0.05, 0.1) is 18.8 Å². The molecule has 2 aromatic carbocycles. The van der Waals surface area contributed by atoms with Gasteiger partial charge in [-0.3, -0.25) is 4.79 Å². The van der Waals surface area contributed by atoms with Crippen LogP contribution in [0.2, 0.25) is 0 Å². The zero-order chi connectivity index (χ0) is 18.5. The van der Waals surface area contributed by atoms with Gasteiger partial charge in [0.2, 0.25) is 0 Å². The first kappa shape index (κ1) is 17.8. The van der Waals surface area contributed by atoms with E-state index in [4.69, 9.17) is 14.2 Å². The molecular weight excluding hydrogens is 334 g/mol. The van der Waals surface area contributed by atoms with Gasteiger partial charge < -0.3 is 19.5 Å². The standard InChI is InChI=1S/C20H21NO5/c1-13-4-6-16(14(2)10-13)20(23)26-12-19(22)21-15-5-7-17-18(11-15)25-9-3-8-24-17/h4-7,10-11H,3,8-9,12H2,1-2H3,(H,21,22). The van der Waals surface area contributed by atoms with Crippen LogP contribution in [0.1, 0.15) is 27.9 Å². The summed E-state index contributed by atoms with van der Waals surface area (Å²) in [5.74, 6) is 0.309. The number of nitrogens with one attached hydrogen (secondary N) is 1. The van der Waals surface area contributed by atoms with E-state index in [1.807, 2.05) is 26.0 Å². The molecule has 0 atom stereocenters. The fraction of sp³-hybridized carbons (Fsp3) is 0.300. The molecule has 26 heavy (non-hydrogen) atoms. The number of fused-ring (bicyclic) bond motifs is 1. The Kier molecular flexibility index (Phi) is 5.41. The Balaban J connectivity index is 1.57. The molecule has 1 amide bonds. The van der Waals surface area contributed by atoms with Crippen molar-refractivity contribution in [1.29, 1.82) is 0 Å². The fourth-order valence-corrected chi connectivity index (χ4v) is 2.69. The summed E-state index contributed by atoms with van der Waals surface area (Å²) in [4.78, 5) is 24.2. The van der Waals surface area contributed by atoms with Gasteiger partial charge in [-0.15, -0.1) is 0 Å². The average molecular weight is 355 g/mol. The van der Waals surface area contributed by atoms with E-state index in [1.54, 1.807) is 24.3 Å². The summed E-state index contributed by atoms with van der Waals surface area (Å²) in [5.41, 5.74) is 2.89. The lowest BCUT2D eigenvalue weighted by atomic mass is 10.1. The van der Waals surface area contributed by atoms with Gasteiger partial charge in [0.15, 0.2) is 18.1 Å². The van der Waals surface area contributed by atoms with E-state index in [1.165, 1.54) is 0 Å². The van der Waals surface area contributed by atoms with Gasteiger partial charge in [-0.25, -0.2) is 4.79 Å².